The van der Waals surface area contributed by atoms with Crippen LogP contribution in [-0.2, 0) is 6.54 Å². The van der Waals surface area contributed by atoms with Crippen LogP contribution in [0.5, 0.6) is 0 Å². The van der Waals surface area contributed by atoms with Crippen LogP contribution in [0, 0.1) is 5.92 Å². The topological polar surface area (TPSA) is 55.3 Å². The molecule has 0 amide bonds. The summed E-state index contributed by atoms with van der Waals surface area (Å²) in [6.45, 7) is 2.99. The number of halogens is 1. The van der Waals surface area contributed by atoms with E-state index in [-0.39, 0.29) is 6.04 Å². The molecular formula is C19H20ClN3O. The summed E-state index contributed by atoms with van der Waals surface area (Å²) in [5.74, 6) is 0.969. The molecule has 24 heavy (non-hydrogen) atoms. The van der Waals surface area contributed by atoms with Crippen molar-refractivity contribution in [3.63, 3.8) is 0 Å². The van der Waals surface area contributed by atoms with E-state index >= 15 is 0 Å². The second kappa shape index (κ2) is 6.55. The minimum Gasteiger partial charge on any atom is -0.439 e. The molecule has 2 N–H and O–H groups in total. The van der Waals surface area contributed by atoms with Gasteiger partial charge in [-0.2, -0.15) is 0 Å². The van der Waals surface area contributed by atoms with Crippen molar-refractivity contribution in [3.05, 3.63) is 65.0 Å². The second-order valence-corrected chi connectivity index (χ2v) is 6.90. The molecule has 4 rings (SSSR count). The number of nitrogens with two attached hydrogens (primary N) is 1. The molecule has 5 heteroatoms. The molecule has 1 aromatic heterocycles. The lowest BCUT2D eigenvalue weighted by Crippen LogP contribution is -2.26. The van der Waals surface area contributed by atoms with Gasteiger partial charge in [0.25, 0.3) is 0 Å². The Labute approximate surface area is 146 Å². The van der Waals surface area contributed by atoms with E-state index < -0.39 is 0 Å². The summed E-state index contributed by atoms with van der Waals surface area (Å²) >= 11 is 6.01. The number of likely N-dealkylation sites (tertiary alicyclic amines) is 1. The van der Waals surface area contributed by atoms with Crippen LogP contribution in [0.2, 0.25) is 5.02 Å². The monoisotopic (exact) mass is 341 g/mol. The van der Waals surface area contributed by atoms with Crippen molar-refractivity contribution in [2.45, 2.75) is 19.0 Å². The van der Waals surface area contributed by atoms with Crippen LogP contribution in [-0.4, -0.2) is 23.0 Å². The fourth-order valence-electron chi connectivity index (χ4n) is 3.40. The van der Waals surface area contributed by atoms with Gasteiger partial charge in [0.1, 0.15) is 5.52 Å². The average Bonchev–Trinajstić information content (AvgIpc) is 3.21. The zero-order chi connectivity index (χ0) is 16.5. The van der Waals surface area contributed by atoms with Crippen molar-refractivity contribution in [3.8, 4) is 0 Å². The van der Waals surface area contributed by atoms with E-state index in [1.807, 2.05) is 18.2 Å². The quantitative estimate of drug-likeness (QED) is 0.779. The lowest BCUT2D eigenvalue weighted by atomic mass is 10.00. The van der Waals surface area contributed by atoms with Gasteiger partial charge in [0.05, 0.1) is 6.04 Å². The Morgan fingerprint density at radius 1 is 1.25 bits per heavy atom. The SMILES string of the molecule is NC(c1nc2ccc(Cl)cc2o1)[C@@H]1CCN(Cc2ccccc2)C1. The Kier molecular flexibility index (Phi) is 4.27. The Balaban J connectivity index is 1.45. The first-order chi connectivity index (χ1) is 11.7. The number of fused-ring (bicyclic) bond motifs is 1. The first-order valence-corrected chi connectivity index (χ1v) is 8.65. The Hall–Kier alpha value is -1.88. The molecule has 0 saturated carbocycles. The molecule has 1 saturated heterocycles. The minimum absolute atomic E-state index is 0.183. The van der Waals surface area contributed by atoms with Crippen LogP contribution in [0.4, 0.5) is 0 Å². The predicted molar refractivity (Wildman–Crippen MR) is 95.8 cm³/mol. The molecule has 0 spiro atoms. The second-order valence-electron chi connectivity index (χ2n) is 6.46. The number of rotatable bonds is 4. The maximum Gasteiger partial charge on any atom is 0.212 e. The standard InChI is InChI=1S/C19H20ClN3O/c20-15-6-7-16-17(10-15)24-19(22-16)18(21)14-8-9-23(12-14)11-13-4-2-1-3-5-13/h1-7,10,14,18H,8-9,11-12,21H2/t14-,18?/m1/s1. The van der Waals surface area contributed by atoms with Crippen LogP contribution >= 0.6 is 11.6 Å². The predicted octanol–water partition coefficient (Wildman–Crippen LogP) is 4.00. The maximum atomic E-state index is 6.44. The van der Waals surface area contributed by atoms with Gasteiger partial charge in [-0.05, 0) is 36.6 Å². The summed E-state index contributed by atoms with van der Waals surface area (Å²) in [5, 5.41) is 0.647. The minimum atomic E-state index is -0.183. The van der Waals surface area contributed by atoms with Crippen molar-refractivity contribution in [1.82, 2.24) is 9.88 Å². The molecule has 124 valence electrons. The van der Waals surface area contributed by atoms with Crippen molar-refractivity contribution >= 4 is 22.7 Å². The van der Waals surface area contributed by atoms with E-state index in [2.05, 4.69) is 34.1 Å². The number of oxazole rings is 1. The third-order valence-corrected chi connectivity index (χ3v) is 4.95. The third kappa shape index (κ3) is 3.18. The van der Waals surface area contributed by atoms with E-state index in [1.165, 1.54) is 5.56 Å². The van der Waals surface area contributed by atoms with Crippen molar-refractivity contribution in [1.29, 1.82) is 0 Å². The Bertz CT molecular complexity index is 833. The highest BCUT2D eigenvalue weighted by Crippen LogP contribution is 2.31. The summed E-state index contributed by atoms with van der Waals surface area (Å²) in [6.07, 6.45) is 1.06. The van der Waals surface area contributed by atoms with Gasteiger partial charge in [0, 0.05) is 24.2 Å². The van der Waals surface area contributed by atoms with Gasteiger partial charge in [-0.25, -0.2) is 4.98 Å². The lowest BCUT2D eigenvalue weighted by molar-refractivity contribution is 0.295. The highest BCUT2D eigenvalue weighted by Gasteiger charge is 2.31. The van der Waals surface area contributed by atoms with E-state index in [0.717, 1.165) is 31.6 Å². The molecule has 1 fully saturated rings. The van der Waals surface area contributed by atoms with Crippen molar-refractivity contribution in [2.24, 2.45) is 11.7 Å². The smallest absolute Gasteiger partial charge is 0.212 e. The Morgan fingerprint density at radius 2 is 2.08 bits per heavy atom. The van der Waals surface area contributed by atoms with Crippen LogP contribution in [0.1, 0.15) is 23.9 Å². The van der Waals surface area contributed by atoms with Gasteiger partial charge in [-0.15, -0.1) is 0 Å². The zero-order valence-corrected chi connectivity index (χ0v) is 14.1. The zero-order valence-electron chi connectivity index (χ0n) is 13.4. The van der Waals surface area contributed by atoms with Gasteiger partial charge < -0.3 is 10.2 Å². The molecule has 2 heterocycles. The van der Waals surface area contributed by atoms with Gasteiger partial charge >= 0.3 is 0 Å². The molecule has 0 bridgehead atoms. The molecule has 3 aromatic rings. The summed E-state index contributed by atoms with van der Waals surface area (Å²) in [7, 11) is 0. The summed E-state index contributed by atoms with van der Waals surface area (Å²) in [6, 6.07) is 15.8. The molecule has 0 radical (unpaired) electrons. The molecule has 4 nitrogen and oxygen atoms in total. The molecule has 1 aliphatic heterocycles. The van der Waals surface area contributed by atoms with Gasteiger partial charge in [-0.3, -0.25) is 4.90 Å². The first-order valence-electron chi connectivity index (χ1n) is 8.27. The summed E-state index contributed by atoms with van der Waals surface area (Å²) < 4.78 is 5.84. The van der Waals surface area contributed by atoms with E-state index in [9.17, 15) is 0 Å². The largest absolute Gasteiger partial charge is 0.439 e. The molecule has 1 aliphatic rings. The van der Waals surface area contributed by atoms with E-state index in [0.29, 0.717) is 22.4 Å². The normalized spacial score (nSPS) is 19.8. The first kappa shape index (κ1) is 15.6. The highest BCUT2D eigenvalue weighted by molar-refractivity contribution is 6.31. The maximum absolute atomic E-state index is 6.44. The van der Waals surface area contributed by atoms with Crippen LogP contribution in [0.3, 0.4) is 0 Å². The van der Waals surface area contributed by atoms with Gasteiger partial charge in [-0.1, -0.05) is 41.9 Å². The molecular weight excluding hydrogens is 322 g/mol. The van der Waals surface area contributed by atoms with Crippen LogP contribution in [0.15, 0.2) is 52.9 Å². The molecule has 2 aromatic carbocycles. The van der Waals surface area contributed by atoms with Crippen LogP contribution in [0.25, 0.3) is 11.1 Å². The fraction of sp³-hybridized carbons (Fsp3) is 0.316. The number of hydrogen-bond donors (Lipinski definition) is 1. The number of nitrogens with zero attached hydrogens (tertiary/aromatic N) is 2. The van der Waals surface area contributed by atoms with E-state index in [4.69, 9.17) is 21.8 Å². The van der Waals surface area contributed by atoms with Crippen molar-refractivity contribution in [2.75, 3.05) is 13.1 Å². The van der Waals surface area contributed by atoms with Crippen molar-refractivity contribution < 1.29 is 4.42 Å². The third-order valence-electron chi connectivity index (χ3n) is 4.72. The van der Waals surface area contributed by atoms with Crippen LogP contribution < -0.4 is 5.73 Å². The average molecular weight is 342 g/mol. The summed E-state index contributed by atoms with van der Waals surface area (Å²) in [5.41, 5.74) is 9.29. The number of benzene rings is 2. The van der Waals surface area contributed by atoms with Gasteiger partial charge in [0.2, 0.25) is 5.89 Å². The number of hydrogen-bond acceptors (Lipinski definition) is 4. The molecule has 2 atom stereocenters. The fourth-order valence-corrected chi connectivity index (χ4v) is 3.56. The number of aromatic nitrogens is 1. The highest BCUT2D eigenvalue weighted by atomic mass is 35.5. The summed E-state index contributed by atoms with van der Waals surface area (Å²) in [4.78, 5) is 6.98. The van der Waals surface area contributed by atoms with E-state index in [1.54, 1.807) is 6.07 Å². The Morgan fingerprint density at radius 3 is 2.92 bits per heavy atom. The molecule has 0 aliphatic carbocycles. The van der Waals surface area contributed by atoms with Gasteiger partial charge in [0.15, 0.2) is 5.58 Å². The lowest BCUT2D eigenvalue weighted by Gasteiger charge is -2.18. The molecule has 1 unspecified atom stereocenters.